The van der Waals surface area contributed by atoms with E-state index in [0.29, 0.717) is 12.2 Å². The van der Waals surface area contributed by atoms with E-state index in [-0.39, 0.29) is 5.91 Å². The van der Waals surface area contributed by atoms with Crippen LogP contribution in [0.25, 0.3) is 0 Å². The summed E-state index contributed by atoms with van der Waals surface area (Å²) in [5.74, 6) is 6.05. The average Bonchev–Trinajstić information content (AvgIpc) is 2.20. The van der Waals surface area contributed by atoms with Crippen molar-refractivity contribution in [2.45, 2.75) is 32.7 Å². The maximum atomic E-state index is 10.8. The largest absolute Gasteiger partial charge is 0.480 e. The van der Waals surface area contributed by atoms with Gasteiger partial charge in [-0.05, 0) is 19.1 Å². The molecule has 0 saturated carbocycles. The third-order valence-electron chi connectivity index (χ3n) is 1.77. The maximum Gasteiger partial charge on any atom is 0.326 e. The Hall–Kier alpha value is -1.15. The van der Waals surface area contributed by atoms with Crippen LogP contribution in [-0.4, -0.2) is 34.5 Å². The molecule has 1 amide bonds. The van der Waals surface area contributed by atoms with Crippen LogP contribution in [0, 0.1) is 11.8 Å². The van der Waals surface area contributed by atoms with Crippen molar-refractivity contribution in [3.05, 3.63) is 0 Å². The van der Waals surface area contributed by atoms with E-state index in [0.717, 1.165) is 12.2 Å². The SMILES string of the molecule is CC#CCCSCCC(NC(C)=O)C(=O)O. The van der Waals surface area contributed by atoms with E-state index >= 15 is 0 Å². The Morgan fingerprint density at radius 1 is 1.44 bits per heavy atom. The second-order valence-electron chi connectivity index (χ2n) is 3.17. The van der Waals surface area contributed by atoms with Gasteiger partial charge in [0.15, 0.2) is 0 Å². The molecule has 0 aliphatic rings. The van der Waals surface area contributed by atoms with Gasteiger partial charge in [0.1, 0.15) is 6.04 Å². The molecule has 16 heavy (non-hydrogen) atoms. The number of rotatable bonds is 7. The standard InChI is InChI=1S/C11H17NO3S/c1-3-4-5-7-16-8-6-10(11(14)15)12-9(2)13/h10H,5-8H2,1-2H3,(H,12,13)(H,14,15). The van der Waals surface area contributed by atoms with Crippen LogP contribution in [0.15, 0.2) is 0 Å². The molecular formula is C11H17NO3S. The van der Waals surface area contributed by atoms with Crippen LogP contribution >= 0.6 is 11.8 Å². The fraction of sp³-hybridized carbons (Fsp3) is 0.636. The van der Waals surface area contributed by atoms with Crippen LogP contribution in [0.1, 0.15) is 26.7 Å². The summed E-state index contributed by atoms with van der Waals surface area (Å²) in [4.78, 5) is 21.5. The predicted molar refractivity (Wildman–Crippen MR) is 65.2 cm³/mol. The quantitative estimate of drug-likeness (QED) is 0.519. The molecule has 0 aliphatic heterocycles. The van der Waals surface area contributed by atoms with Gasteiger partial charge in [-0.1, -0.05) is 0 Å². The minimum absolute atomic E-state index is 0.311. The van der Waals surface area contributed by atoms with Gasteiger partial charge >= 0.3 is 5.97 Å². The number of hydrogen-bond acceptors (Lipinski definition) is 3. The molecule has 1 unspecified atom stereocenters. The summed E-state index contributed by atoms with van der Waals surface area (Å²) in [5, 5.41) is 11.2. The molecule has 5 heteroatoms. The smallest absolute Gasteiger partial charge is 0.326 e. The van der Waals surface area contributed by atoms with Gasteiger partial charge in [-0.25, -0.2) is 4.79 Å². The third-order valence-corrected chi connectivity index (χ3v) is 2.79. The molecule has 0 saturated heterocycles. The van der Waals surface area contributed by atoms with Gasteiger partial charge in [0.25, 0.3) is 0 Å². The lowest BCUT2D eigenvalue weighted by Gasteiger charge is -2.12. The fourth-order valence-corrected chi connectivity index (χ4v) is 1.91. The van der Waals surface area contributed by atoms with Crippen molar-refractivity contribution >= 4 is 23.6 Å². The van der Waals surface area contributed by atoms with E-state index < -0.39 is 12.0 Å². The van der Waals surface area contributed by atoms with E-state index in [1.807, 2.05) is 0 Å². The highest BCUT2D eigenvalue weighted by molar-refractivity contribution is 7.99. The highest BCUT2D eigenvalue weighted by Gasteiger charge is 2.17. The van der Waals surface area contributed by atoms with Crippen molar-refractivity contribution in [1.82, 2.24) is 5.32 Å². The summed E-state index contributed by atoms with van der Waals surface area (Å²) >= 11 is 1.65. The molecular weight excluding hydrogens is 226 g/mol. The Balaban J connectivity index is 3.71. The Morgan fingerprint density at radius 3 is 2.62 bits per heavy atom. The van der Waals surface area contributed by atoms with Crippen molar-refractivity contribution in [2.24, 2.45) is 0 Å². The van der Waals surface area contributed by atoms with Crippen molar-refractivity contribution < 1.29 is 14.7 Å². The zero-order chi connectivity index (χ0) is 12.4. The monoisotopic (exact) mass is 243 g/mol. The van der Waals surface area contributed by atoms with Gasteiger partial charge in [0.2, 0.25) is 5.91 Å². The molecule has 0 heterocycles. The Bertz CT molecular complexity index is 293. The summed E-state index contributed by atoms with van der Waals surface area (Å²) in [6.45, 7) is 3.11. The normalized spacial score (nSPS) is 11.1. The molecule has 0 radical (unpaired) electrons. The number of carbonyl (C=O) groups excluding carboxylic acids is 1. The van der Waals surface area contributed by atoms with Gasteiger partial charge in [-0.3, -0.25) is 4.79 Å². The Kier molecular flexibility index (Phi) is 8.45. The lowest BCUT2D eigenvalue weighted by atomic mass is 10.2. The van der Waals surface area contributed by atoms with Crippen LogP contribution in [0.4, 0.5) is 0 Å². The van der Waals surface area contributed by atoms with Crippen molar-refractivity contribution in [2.75, 3.05) is 11.5 Å². The Labute approximate surface area is 100 Å². The number of nitrogens with one attached hydrogen (secondary N) is 1. The van der Waals surface area contributed by atoms with Crippen molar-refractivity contribution in [3.8, 4) is 11.8 Å². The number of thioether (sulfide) groups is 1. The minimum atomic E-state index is -0.982. The van der Waals surface area contributed by atoms with Crippen LogP contribution < -0.4 is 5.32 Å². The summed E-state index contributed by atoms with van der Waals surface area (Å²) in [6, 6.07) is -0.776. The molecule has 0 aromatic carbocycles. The molecule has 0 spiro atoms. The van der Waals surface area contributed by atoms with Gasteiger partial charge in [-0.2, -0.15) is 11.8 Å². The summed E-state index contributed by atoms with van der Waals surface area (Å²) < 4.78 is 0. The van der Waals surface area contributed by atoms with E-state index in [4.69, 9.17) is 5.11 Å². The van der Waals surface area contributed by atoms with Crippen LogP contribution in [0.3, 0.4) is 0 Å². The van der Waals surface area contributed by atoms with E-state index in [9.17, 15) is 9.59 Å². The van der Waals surface area contributed by atoms with Crippen LogP contribution in [-0.2, 0) is 9.59 Å². The molecule has 0 aromatic heterocycles. The van der Waals surface area contributed by atoms with Crippen molar-refractivity contribution in [3.63, 3.8) is 0 Å². The van der Waals surface area contributed by atoms with Gasteiger partial charge in [0, 0.05) is 19.1 Å². The predicted octanol–water partition coefficient (Wildman–Crippen LogP) is 1.11. The van der Waals surface area contributed by atoms with Gasteiger partial charge < -0.3 is 10.4 Å². The van der Waals surface area contributed by atoms with E-state index in [2.05, 4.69) is 17.2 Å². The second kappa shape index (κ2) is 9.10. The van der Waals surface area contributed by atoms with Crippen molar-refractivity contribution in [1.29, 1.82) is 0 Å². The minimum Gasteiger partial charge on any atom is -0.480 e. The molecule has 0 fully saturated rings. The number of amides is 1. The average molecular weight is 243 g/mol. The molecule has 4 nitrogen and oxygen atoms in total. The number of hydrogen-bond donors (Lipinski definition) is 2. The first-order valence-corrected chi connectivity index (χ1v) is 6.20. The van der Waals surface area contributed by atoms with E-state index in [1.54, 1.807) is 18.7 Å². The summed E-state index contributed by atoms with van der Waals surface area (Å²) in [6.07, 6.45) is 1.26. The first kappa shape index (κ1) is 14.8. The first-order chi connectivity index (χ1) is 7.57. The number of carboxylic acid groups (broad SMARTS) is 1. The second-order valence-corrected chi connectivity index (χ2v) is 4.39. The molecule has 0 aromatic rings. The fourth-order valence-electron chi connectivity index (χ4n) is 1.05. The lowest BCUT2D eigenvalue weighted by molar-refractivity contribution is -0.141. The highest BCUT2D eigenvalue weighted by Crippen LogP contribution is 2.06. The van der Waals surface area contributed by atoms with Gasteiger partial charge in [0.05, 0.1) is 0 Å². The van der Waals surface area contributed by atoms with Gasteiger partial charge in [-0.15, -0.1) is 11.8 Å². The highest BCUT2D eigenvalue weighted by atomic mass is 32.2. The first-order valence-electron chi connectivity index (χ1n) is 5.05. The molecule has 2 N–H and O–H groups in total. The Morgan fingerprint density at radius 2 is 2.12 bits per heavy atom. The topological polar surface area (TPSA) is 66.4 Å². The molecule has 0 rings (SSSR count). The lowest BCUT2D eigenvalue weighted by Crippen LogP contribution is -2.39. The van der Waals surface area contributed by atoms with Crippen LogP contribution in [0.5, 0.6) is 0 Å². The maximum absolute atomic E-state index is 10.8. The molecule has 90 valence electrons. The number of carbonyl (C=O) groups is 2. The third kappa shape index (κ3) is 8.18. The van der Waals surface area contributed by atoms with E-state index in [1.165, 1.54) is 6.92 Å². The van der Waals surface area contributed by atoms with Crippen LogP contribution in [0.2, 0.25) is 0 Å². The zero-order valence-electron chi connectivity index (χ0n) is 9.58. The number of carboxylic acids is 1. The summed E-state index contributed by atoms with van der Waals surface area (Å²) in [7, 11) is 0. The zero-order valence-corrected chi connectivity index (χ0v) is 10.4. The summed E-state index contributed by atoms with van der Waals surface area (Å²) in [5.41, 5.74) is 0. The molecule has 0 bridgehead atoms. The molecule has 1 atom stereocenters. The number of aliphatic carboxylic acids is 1. The molecule has 0 aliphatic carbocycles.